The Balaban J connectivity index is -0.0000000782. The molecule has 1 aliphatic carbocycles. The summed E-state index contributed by atoms with van der Waals surface area (Å²) in [5.74, 6) is 0. The third-order valence-corrected chi connectivity index (χ3v) is 3.42. The Kier molecular flexibility index (Phi) is 26.2. The van der Waals surface area contributed by atoms with E-state index in [0.29, 0.717) is 9.52 Å². The van der Waals surface area contributed by atoms with Crippen molar-refractivity contribution in [3.63, 3.8) is 0 Å². The summed E-state index contributed by atoms with van der Waals surface area (Å²) in [6.07, 6.45) is 7.28. The molecule has 0 spiro atoms. The van der Waals surface area contributed by atoms with Crippen molar-refractivity contribution in [1.82, 2.24) is 0 Å². The van der Waals surface area contributed by atoms with E-state index in [2.05, 4.69) is 81.2 Å². The predicted molar refractivity (Wildman–Crippen MR) is 110 cm³/mol. The Morgan fingerprint density at radius 3 is 1.78 bits per heavy atom. The minimum Gasteiger partial charge on any atom is -0.683 e. The molecule has 1 aromatic rings. The quantitative estimate of drug-likeness (QED) is 0.479. The van der Waals surface area contributed by atoms with Gasteiger partial charge in [-0.05, 0) is 6.42 Å². The molecule has 0 unspecified atom stereocenters. The molecule has 0 N–H and O–H groups in total. The molecule has 0 saturated heterocycles. The standard InChI is InChI=1S/C9H14N.C7H9Si.4CH3.Ti/c1-9(2,3)10-8-6-4-5-7-8;1-8-7-5-3-2-4-6-7;;;;;/h4-6H,7H2,1-3H3;2-6,8H,1H3;4*1H3;/q-1;;4*-1;. The van der Waals surface area contributed by atoms with Crippen LogP contribution in [0.25, 0.3) is 5.32 Å². The molecular formula is C20H35NSiTi-5. The van der Waals surface area contributed by atoms with Gasteiger partial charge < -0.3 is 35.0 Å². The molecule has 133 valence electrons. The molecule has 0 saturated carbocycles. The van der Waals surface area contributed by atoms with Gasteiger partial charge in [0.25, 0.3) is 0 Å². The van der Waals surface area contributed by atoms with Gasteiger partial charge in [0.15, 0.2) is 0 Å². The van der Waals surface area contributed by atoms with Gasteiger partial charge in [-0.2, -0.15) is 5.70 Å². The average molecular weight is 365 g/mol. The number of nitrogens with zero attached hydrogens (tertiary/aromatic N) is 1. The molecule has 1 radical (unpaired) electrons. The van der Waals surface area contributed by atoms with Crippen molar-refractivity contribution < 1.29 is 21.7 Å². The maximum atomic E-state index is 4.51. The molecule has 2 rings (SSSR count). The Hall–Kier alpha value is -0.569. The summed E-state index contributed by atoms with van der Waals surface area (Å²) in [5, 5.41) is 6.00. The number of hydrogen-bond donors (Lipinski definition) is 0. The van der Waals surface area contributed by atoms with E-state index in [9.17, 15) is 0 Å². The van der Waals surface area contributed by atoms with Crippen molar-refractivity contribution in [3.8, 4) is 0 Å². The fourth-order valence-electron chi connectivity index (χ4n) is 1.60. The van der Waals surface area contributed by atoms with Gasteiger partial charge in [0.2, 0.25) is 0 Å². The van der Waals surface area contributed by atoms with Crippen molar-refractivity contribution in [2.75, 3.05) is 0 Å². The van der Waals surface area contributed by atoms with Crippen LogP contribution in [0.15, 0.2) is 54.3 Å². The number of rotatable bonds is 2. The van der Waals surface area contributed by atoms with Gasteiger partial charge in [-0.1, -0.05) is 81.1 Å². The van der Waals surface area contributed by atoms with Crippen LogP contribution in [0.1, 0.15) is 27.2 Å². The SMILES string of the molecule is CC(C)(C)[N-]C1=CC=CC1.C[SiH]c1ccccc1.[CH3-].[CH3-].[CH3-].[CH3-].[Ti]. The largest absolute Gasteiger partial charge is 0.683 e. The van der Waals surface area contributed by atoms with Gasteiger partial charge in [0.1, 0.15) is 0 Å². The summed E-state index contributed by atoms with van der Waals surface area (Å²) in [6, 6.07) is 10.6. The molecule has 3 heteroatoms. The van der Waals surface area contributed by atoms with E-state index in [0.717, 1.165) is 6.42 Å². The topological polar surface area (TPSA) is 14.1 Å². The monoisotopic (exact) mass is 365 g/mol. The van der Waals surface area contributed by atoms with Crippen LogP contribution < -0.4 is 5.19 Å². The first kappa shape index (κ1) is 33.9. The third kappa shape index (κ3) is 17.6. The smallest absolute Gasteiger partial charge is 0.0635 e. The van der Waals surface area contributed by atoms with E-state index >= 15 is 0 Å². The third-order valence-electron chi connectivity index (χ3n) is 2.36. The summed E-state index contributed by atoms with van der Waals surface area (Å²) in [7, 11) is 0.511. The van der Waals surface area contributed by atoms with Crippen LogP contribution in [0.5, 0.6) is 0 Å². The van der Waals surface area contributed by atoms with Crippen LogP contribution in [-0.4, -0.2) is 15.1 Å². The van der Waals surface area contributed by atoms with Crippen molar-refractivity contribution in [1.29, 1.82) is 0 Å². The molecule has 0 aliphatic heterocycles. The van der Waals surface area contributed by atoms with Gasteiger partial charge in [-0.3, -0.25) is 0 Å². The summed E-state index contributed by atoms with van der Waals surface area (Å²) in [6.45, 7) is 8.60. The summed E-state index contributed by atoms with van der Waals surface area (Å²) in [5.41, 5.74) is 1.28. The molecule has 0 bridgehead atoms. The second-order valence-electron chi connectivity index (χ2n) is 5.27. The van der Waals surface area contributed by atoms with Gasteiger partial charge in [-0.25, -0.2) is 0 Å². The minimum atomic E-state index is 0. The molecule has 1 aliphatic rings. The first-order valence-corrected chi connectivity index (χ1v) is 8.17. The van der Waals surface area contributed by atoms with E-state index < -0.39 is 0 Å². The van der Waals surface area contributed by atoms with Gasteiger partial charge in [0, 0.05) is 21.7 Å². The summed E-state index contributed by atoms with van der Waals surface area (Å²) >= 11 is 0. The fourth-order valence-corrected chi connectivity index (χ4v) is 2.20. The molecule has 1 nitrogen and oxygen atoms in total. The maximum Gasteiger partial charge on any atom is 0.0635 e. The number of allylic oxidation sites excluding steroid dienone is 3. The molecule has 23 heavy (non-hydrogen) atoms. The van der Waals surface area contributed by atoms with Crippen LogP contribution in [0, 0.1) is 29.7 Å². The minimum absolute atomic E-state index is 0. The predicted octanol–water partition coefficient (Wildman–Crippen LogP) is 5.60. The summed E-state index contributed by atoms with van der Waals surface area (Å²) in [4.78, 5) is 0. The van der Waals surface area contributed by atoms with E-state index in [1.807, 2.05) is 0 Å². The first-order chi connectivity index (χ1) is 8.51. The van der Waals surface area contributed by atoms with Gasteiger partial charge >= 0.3 is 0 Å². The first-order valence-electron chi connectivity index (χ1n) is 6.44. The molecular weight excluding hydrogens is 330 g/mol. The van der Waals surface area contributed by atoms with E-state index in [4.69, 9.17) is 0 Å². The fraction of sp³-hybridized carbons (Fsp3) is 0.300. The zero-order valence-electron chi connectivity index (χ0n) is 16.4. The average Bonchev–Trinajstić information content (AvgIpc) is 2.81. The second-order valence-corrected chi connectivity index (χ2v) is 6.52. The molecule has 0 heterocycles. The van der Waals surface area contributed by atoms with Crippen molar-refractivity contribution >= 4 is 14.7 Å². The van der Waals surface area contributed by atoms with Gasteiger partial charge in [-0.15, -0.1) is 5.54 Å². The zero-order valence-corrected chi connectivity index (χ0v) is 19.1. The van der Waals surface area contributed by atoms with E-state index in [1.54, 1.807) is 0 Å². The molecule has 1 aromatic carbocycles. The molecule has 0 atom stereocenters. The maximum absolute atomic E-state index is 4.51. The van der Waals surface area contributed by atoms with Crippen LogP contribution in [0.3, 0.4) is 0 Å². The number of hydrogen-bond acceptors (Lipinski definition) is 0. The van der Waals surface area contributed by atoms with Crippen molar-refractivity contribution in [2.24, 2.45) is 0 Å². The van der Waals surface area contributed by atoms with Gasteiger partial charge in [0.05, 0.1) is 9.52 Å². The Morgan fingerprint density at radius 1 is 0.957 bits per heavy atom. The van der Waals surface area contributed by atoms with Crippen LogP contribution in [-0.2, 0) is 21.7 Å². The van der Waals surface area contributed by atoms with Crippen LogP contribution >= 0.6 is 0 Å². The zero-order chi connectivity index (χ0) is 13.4. The second kappa shape index (κ2) is 17.8. The van der Waals surface area contributed by atoms with E-state index in [-0.39, 0.29) is 57.0 Å². The van der Waals surface area contributed by atoms with E-state index in [1.165, 1.54) is 10.9 Å². The molecule has 0 aromatic heterocycles. The van der Waals surface area contributed by atoms with Crippen molar-refractivity contribution in [2.45, 2.75) is 39.3 Å². The Labute approximate surface area is 164 Å². The normalized spacial score (nSPS) is 10.7. The Morgan fingerprint density at radius 2 is 1.48 bits per heavy atom. The van der Waals surface area contributed by atoms with Crippen LogP contribution in [0.4, 0.5) is 0 Å². The summed E-state index contributed by atoms with van der Waals surface area (Å²) < 4.78 is 0. The molecule has 0 amide bonds. The van der Waals surface area contributed by atoms with Crippen LogP contribution in [0.2, 0.25) is 6.55 Å². The Bertz CT molecular complexity index is 405. The molecule has 0 fully saturated rings. The number of benzene rings is 1. The van der Waals surface area contributed by atoms with Crippen molar-refractivity contribution in [3.05, 3.63) is 89.3 Å².